The Morgan fingerprint density at radius 2 is 1.45 bits per heavy atom. The van der Waals surface area contributed by atoms with E-state index in [4.69, 9.17) is 9.15 Å². The van der Waals surface area contributed by atoms with Crippen LogP contribution in [0.4, 0.5) is 0 Å². The molecule has 0 saturated heterocycles. The van der Waals surface area contributed by atoms with Crippen molar-refractivity contribution in [3.8, 4) is 16.9 Å². The number of aryl methyl sites for hydroxylation is 1. The average Bonchev–Trinajstić information content (AvgIpc) is 3.19. The minimum atomic E-state index is -3.75. The van der Waals surface area contributed by atoms with Crippen molar-refractivity contribution in [2.24, 2.45) is 0 Å². The Hall–Kier alpha value is -3.35. The van der Waals surface area contributed by atoms with Crippen molar-refractivity contribution in [3.05, 3.63) is 108 Å². The highest BCUT2D eigenvalue weighted by atomic mass is 32.2. The van der Waals surface area contributed by atoms with Crippen LogP contribution in [0.25, 0.3) is 11.1 Å². The van der Waals surface area contributed by atoms with Crippen molar-refractivity contribution in [3.63, 3.8) is 0 Å². The van der Waals surface area contributed by atoms with E-state index in [9.17, 15) is 8.42 Å². The molecule has 0 spiro atoms. The Morgan fingerprint density at radius 1 is 0.839 bits per heavy atom. The lowest BCUT2D eigenvalue weighted by Gasteiger charge is -2.07. The monoisotopic (exact) mass is 433 g/mol. The van der Waals surface area contributed by atoms with Gasteiger partial charge in [-0.15, -0.1) is 0 Å². The summed E-state index contributed by atoms with van der Waals surface area (Å²) in [4.78, 5) is 0. The minimum Gasteiger partial charge on any atom is -0.489 e. The van der Waals surface area contributed by atoms with Crippen molar-refractivity contribution < 1.29 is 17.6 Å². The molecule has 0 bridgehead atoms. The highest BCUT2D eigenvalue weighted by Gasteiger charge is 2.21. The van der Waals surface area contributed by atoms with Crippen LogP contribution >= 0.6 is 0 Å². The second-order valence-electron chi connectivity index (χ2n) is 7.14. The summed E-state index contributed by atoms with van der Waals surface area (Å²) in [7, 11) is -3.75. The maximum absolute atomic E-state index is 12.6. The highest BCUT2D eigenvalue weighted by molar-refractivity contribution is 7.89. The Kier molecular flexibility index (Phi) is 6.21. The number of nitrogens with one attached hydrogen (secondary N) is 1. The Bertz CT molecular complexity index is 1230. The molecular weight excluding hydrogens is 410 g/mol. The first-order valence-corrected chi connectivity index (χ1v) is 11.4. The van der Waals surface area contributed by atoms with Crippen LogP contribution in [0.2, 0.25) is 0 Å². The molecule has 1 N–H and O–H groups in total. The number of sulfonamides is 1. The number of hydrogen-bond acceptors (Lipinski definition) is 4. The maximum atomic E-state index is 12.6. The summed E-state index contributed by atoms with van der Waals surface area (Å²) in [6.07, 6.45) is 0. The van der Waals surface area contributed by atoms with E-state index < -0.39 is 10.0 Å². The number of benzene rings is 3. The van der Waals surface area contributed by atoms with E-state index in [1.807, 2.05) is 72.8 Å². The van der Waals surface area contributed by atoms with Gasteiger partial charge in [0.1, 0.15) is 18.1 Å². The van der Waals surface area contributed by atoms with Gasteiger partial charge in [-0.3, -0.25) is 0 Å². The fraction of sp³-hybridized carbons (Fsp3) is 0.120. The van der Waals surface area contributed by atoms with Crippen LogP contribution in [-0.4, -0.2) is 8.42 Å². The fourth-order valence-electron chi connectivity index (χ4n) is 3.15. The van der Waals surface area contributed by atoms with E-state index in [2.05, 4.69) is 16.9 Å². The van der Waals surface area contributed by atoms with Crippen LogP contribution in [0.5, 0.6) is 5.75 Å². The molecule has 0 unspecified atom stereocenters. The molecule has 0 atom stereocenters. The van der Waals surface area contributed by atoms with Crippen molar-refractivity contribution >= 4 is 10.0 Å². The summed E-state index contributed by atoms with van der Waals surface area (Å²) >= 11 is 0. The van der Waals surface area contributed by atoms with E-state index in [1.54, 1.807) is 6.92 Å². The standard InChI is InChI=1S/C25H23NO4S/c1-19-23(16-25(30-19)31(27,28)26-17-20-8-4-2-5-9-20)18-29-24-14-12-22(13-15-24)21-10-6-3-7-11-21/h2-16,26H,17-18H2,1H3. The van der Waals surface area contributed by atoms with Gasteiger partial charge in [-0.2, -0.15) is 0 Å². The van der Waals surface area contributed by atoms with Gasteiger partial charge in [0.25, 0.3) is 10.0 Å². The second kappa shape index (κ2) is 9.20. The number of furan rings is 1. The molecule has 3 aromatic carbocycles. The molecule has 31 heavy (non-hydrogen) atoms. The van der Waals surface area contributed by atoms with Crippen LogP contribution in [0.1, 0.15) is 16.9 Å². The molecule has 5 nitrogen and oxygen atoms in total. The molecule has 4 aromatic rings. The Balaban J connectivity index is 1.40. The van der Waals surface area contributed by atoms with Crippen LogP contribution in [0.15, 0.2) is 101 Å². The van der Waals surface area contributed by atoms with E-state index in [0.717, 1.165) is 16.7 Å². The van der Waals surface area contributed by atoms with Gasteiger partial charge >= 0.3 is 0 Å². The largest absolute Gasteiger partial charge is 0.489 e. The molecule has 0 saturated carbocycles. The van der Waals surface area contributed by atoms with E-state index in [-0.39, 0.29) is 18.2 Å². The molecule has 1 heterocycles. The van der Waals surface area contributed by atoms with Gasteiger partial charge in [0, 0.05) is 18.2 Å². The number of ether oxygens (including phenoxy) is 1. The van der Waals surface area contributed by atoms with Crippen molar-refractivity contribution in [1.82, 2.24) is 4.72 Å². The topological polar surface area (TPSA) is 68.5 Å². The normalized spacial score (nSPS) is 11.4. The quantitative estimate of drug-likeness (QED) is 0.409. The maximum Gasteiger partial charge on any atom is 0.274 e. The summed E-state index contributed by atoms with van der Waals surface area (Å²) in [5.74, 6) is 1.22. The third kappa shape index (κ3) is 5.23. The number of hydrogen-bond donors (Lipinski definition) is 1. The van der Waals surface area contributed by atoms with Gasteiger partial charge in [0.2, 0.25) is 5.09 Å². The molecule has 0 aliphatic carbocycles. The molecule has 6 heteroatoms. The first kappa shape index (κ1) is 20.9. The van der Waals surface area contributed by atoms with Crippen LogP contribution in [0.3, 0.4) is 0 Å². The summed E-state index contributed by atoms with van der Waals surface area (Å²) in [6, 6.07) is 28.7. The third-order valence-corrected chi connectivity index (χ3v) is 6.18. The molecule has 4 rings (SSSR count). The minimum absolute atomic E-state index is 0.112. The lowest BCUT2D eigenvalue weighted by Crippen LogP contribution is -2.22. The second-order valence-corrected chi connectivity index (χ2v) is 8.83. The molecule has 0 radical (unpaired) electrons. The lowest BCUT2D eigenvalue weighted by atomic mass is 10.1. The van der Waals surface area contributed by atoms with Crippen LogP contribution < -0.4 is 9.46 Å². The molecule has 158 valence electrons. The summed E-state index contributed by atoms with van der Waals surface area (Å²) < 4.78 is 39.1. The smallest absolute Gasteiger partial charge is 0.274 e. The fourth-order valence-corrected chi connectivity index (χ4v) is 4.18. The Morgan fingerprint density at radius 3 is 2.13 bits per heavy atom. The van der Waals surface area contributed by atoms with Gasteiger partial charge in [-0.25, -0.2) is 13.1 Å². The van der Waals surface area contributed by atoms with Crippen LogP contribution in [0, 0.1) is 6.92 Å². The first-order valence-electron chi connectivity index (χ1n) is 9.92. The molecule has 0 aliphatic rings. The van der Waals surface area contributed by atoms with E-state index in [1.165, 1.54) is 6.07 Å². The van der Waals surface area contributed by atoms with Gasteiger partial charge in [0.15, 0.2) is 0 Å². The summed E-state index contributed by atoms with van der Waals surface area (Å²) in [5.41, 5.74) is 3.80. The molecule has 0 amide bonds. The van der Waals surface area contributed by atoms with E-state index >= 15 is 0 Å². The third-order valence-electron chi connectivity index (χ3n) is 4.93. The van der Waals surface area contributed by atoms with Gasteiger partial charge in [-0.1, -0.05) is 72.8 Å². The zero-order valence-electron chi connectivity index (χ0n) is 17.1. The molecule has 0 fully saturated rings. The zero-order chi connectivity index (χ0) is 21.7. The Labute approximate surface area is 182 Å². The highest BCUT2D eigenvalue weighted by Crippen LogP contribution is 2.24. The molecular formula is C25H23NO4S. The molecule has 0 aliphatic heterocycles. The van der Waals surface area contributed by atoms with Crippen molar-refractivity contribution in [2.75, 3.05) is 0 Å². The van der Waals surface area contributed by atoms with Gasteiger partial charge < -0.3 is 9.15 Å². The van der Waals surface area contributed by atoms with Crippen LogP contribution in [-0.2, 0) is 23.2 Å². The summed E-state index contributed by atoms with van der Waals surface area (Å²) in [6.45, 7) is 2.14. The average molecular weight is 434 g/mol. The van der Waals surface area contributed by atoms with Gasteiger partial charge in [0.05, 0.1) is 0 Å². The lowest BCUT2D eigenvalue weighted by molar-refractivity contribution is 0.302. The predicted octanol–water partition coefficient (Wildman–Crippen LogP) is 5.31. The predicted molar refractivity (Wildman–Crippen MR) is 120 cm³/mol. The molecule has 1 aromatic heterocycles. The van der Waals surface area contributed by atoms with Crippen molar-refractivity contribution in [1.29, 1.82) is 0 Å². The van der Waals surface area contributed by atoms with E-state index in [0.29, 0.717) is 17.1 Å². The number of rotatable bonds is 8. The SMILES string of the molecule is Cc1oc(S(=O)(=O)NCc2ccccc2)cc1COc1ccc(-c2ccccc2)cc1. The van der Waals surface area contributed by atoms with Crippen molar-refractivity contribution in [2.45, 2.75) is 25.2 Å². The van der Waals surface area contributed by atoms with Gasteiger partial charge in [-0.05, 0) is 35.7 Å². The first-order chi connectivity index (χ1) is 15.0. The zero-order valence-corrected chi connectivity index (χ0v) is 17.9. The summed E-state index contributed by atoms with van der Waals surface area (Å²) in [5, 5.41) is -0.112.